The third-order valence-corrected chi connectivity index (χ3v) is 2.77. The zero-order valence-corrected chi connectivity index (χ0v) is 9.86. The number of benzene rings is 1. The first-order valence-corrected chi connectivity index (χ1v) is 5.42. The van der Waals surface area contributed by atoms with Gasteiger partial charge in [-0.05, 0) is 41.1 Å². The van der Waals surface area contributed by atoms with Gasteiger partial charge in [-0.2, -0.15) is 0 Å². The number of ketones is 1. The number of hydrogen-bond acceptors (Lipinski definition) is 1. The summed E-state index contributed by atoms with van der Waals surface area (Å²) in [7, 11) is 0. The van der Waals surface area contributed by atoms with Gasteiger partial charge in [-0.25, -0.2) is 0 Å². The van der Waals surface area contributed by atoms with Gasteiger partial charge in [0.2, 0.25) is 0 Å². The smallest absolute Gasteiger partial charge is 0.154 e. The van der Waals surface area contributed by atoms with Crippen molar-refractivity contribution >= 4 is 38.8 Å². The van der Waals surface area contributed by atoms with Gasteiger partial charge in [0, 0.05) is 11.6 Å². The Morgan fingerprint density at radius 2 is 2.13 bits per heavy atom. The normalized spacial score (nSPS) is 11.3. The molecule has 0 aliphatic heterocycles. The van der Waals surface area contributed by atoms with E-state index >= 15 is 0 Å². The van der Waals surface area contributed by atoms with Crippen LogP contribution in [-0.4, -0.2) is 10.4 Å². The van der Waals surface area contributed by atoms with Crippen LogP contribution in [0, 0.1) is 0 Å². The SMILES string of the molecule is CC(=O)/C=C/n1c(Br)cc2ccccc21. The van der Waals surface area contributed by atoms with Crippen LogP contribution in [0.3, 0.4) is 0 Å². The number of hydrogen-bond donors (Lipinski definition) is 0. The third-order valence-electron chi connectivity index (χ3n) is 2.16. The number of rotatable bonds is 2. The predicted molar refractivity (Wildman–Crippen MR) is 65.6 cm³/mol. The Kier molecular flexibility index (Phi) is 2.73. The van der Waals surface area contributed by atoms with Crippen molar-refractivity contribution in [3.05, 3.63) is 41.0 Å². The molecule has 0 aliphatic carbocycles. The number of allylic oxidation sites excluding steroid dienone is 1. The Morgan fingerprint density at radius 3 is 2.87 bits per heavy atom. The highest BCUT2D eigenvalue weighted by Gasteiger charge is 2.02. The fraction of sp³-hybridized carbons (Fsp3) is 0.0833. The maximum atomic E-state index is 10.9. The van der Waals surface area contributed by atoms with Crippen LogP contribution < -0.4 is 0 Å². The van der Waals surface area contributed by atoms with Crippen LogP contribution in [0.1, 0.15) is 6.92 Å². The van der Waals surface area contributed by atoms with Gasteiger partial charge in [-0.1, -0.05) is 18.2 Å². The topological polar surface area (TPSA) is 22.0 Å². The van der Waals surface area contributed by atoms with Crippen LogP contribution in [0.15, 0.2) is 41.0 Å². The van der Waals surface area contributed by atoms with Crippen LogP contribution in [0.2, 0.25) is 0 Å². The van der Waals surface area contributed by atoms with Crippen molar-refractivity contribution < 1.29 is 4.79 Å². The van der Waals surface area contributed by atoms with Crippen molar-refractivity contribution in [1.29, 1.82) is 0 Å². The molecule has 15 heavy (non-hydrogen) atoms. The van der Waals surface area contributed by atoms with E-state index in [0.29, 0.717) is 0 Å². The summed E-state index contributed by atoms with van der Waals surface area (Å²) in [5, 5.41) is 1.15. The van der Waals surface area contributed by atoms with Crippen molar-refractivity contribution in [2.45, 2.75) is 6.92 Å². The highest BCUT2D eigenvalue weighted by molar-refractivity contribution is 9.10. The number of aromatic nitrogens is 1. The Balaban J connectivity index is 2.59. The monoisotopic (exact) mass is 263 g/mol. The first-order chi connectivity index (χ1) is 7.18. The van der Waals surface area contributed by atoms with E-state index in [1.165, 1.54) is 6.92 Å². The second-order valence-electron chi connectivity index (χ2n) is 3.32. The summed E-state index contributed by atoms with van der Waals surface area (Å²) in [6.45, 7) is 1.54. The number of para-hydroxylation sites is 1. The number of nitrogens with zero attached hydrogens (tertiary/aromatic N) is 1. The molecule has 0 N–H and O–H groups in total. The van der Waals surface area contributed by atoms with Crippen molar-refractivity contribution in [1.82, 2.24) is 4.57 Å². The molecule has 1 aromatic carbocycles. The van der Waals surface area contributed by atoms with Crippen LogP contribution in [0.25, 0.3) is 17.1 Å². The van der Waals surface area contributed by atoms with E-state index in [4.69, 9.17) is 0 Å². The molecule has 0 fully saturated rings. The molecule has 0 saturated carbocycles. The summed E-state index contributed by atoms with van der Waals surface area (Å²) < 4.78 is 2.89. The molecule has 0 unspecified atom stereocenters. The maximum Gasteiger partial charge on any atom is 0.154 e. The Bertz CT molecular complexity index is 540. The summed E-state index contributed by atoms with van der Waals surface area (Å²) in [4.78, 5) is 10.9. The highest BCUT2D eigenvalue weighted by Crippen LogP contribution is 2.23. The van der Waals surface area contributed by atoms with Gasteiger partial charge < -0.3 is 4.57 Å². The summed E-state index contributed by atoms with van der Waals surface area (Å²) in [6.07, 6.45) is 3.33. The van der Waals surface area contributed by atoms with Gasteiger partial charge in [-0.15, -0.1) is 0 Å². The van der Waals surface area contributed by atoms with E-state index in [-0.39, 0.29) is 5.78 Å². The Hall–Kier alpha value is -1.35. The fourth-order valence-corrected chi connectivity index (χ4v) is 2.03. The molecular weight excluding hydrogens is 254 g/mol. The second kappa shape index (κ2) is 4.03. The molecule has 76 valence electrons. The van der Waals surface area contributed by atoms with Crippen molar-refractivity contribution in [3.63, 3.8) is 0 Å². The van der Waals surface area contributed by atoms with Crippen LogP contribution >= 0.6 is 15.9 Å². The van der Waals surface area contributed by atoms with Crippen LogP contribution in [-0.2, 0) is 4.79 Å². The lowest BCUT2D eigenvalue weighted by Gasteiger charge is -1.98. The fourth-order valence-electron chi connectivity index (χ4n) is 1.47. The molecule has 3 heteroatoms. The molecule has 1 heterocycles. The lowest BCUT2D eigenvalue weighted by atomic mass is 10.2. The molecule has 2 rings (SSSR count). The number of carbonyl (C=O) groups excluding carboxylic acids is 1. The summed E-state index contributed by atoms with van der Waals surface area (Å²) in [6, 6.07) is 10.1. The Morgan fingerprint density at radius 1 is 1.40 bits per heavy atom. The molecule has 2 aromatic rings. The molecule has 0 aliphatic rings. The van der Waals surface area contributed by atoms with E-state index < -0.39 is 0 Å². The first-order valence-electron chi connectivity index (χ1n) is 4.63. The quantitative estimate of drug-likeness (QED) is 0.761. The summed E-state index contributed by atoms with van der Waals surface area (Å²) in [5.74, 6) is 0.0414. The zero-order valence-electron chi connectivity index (χ0n) is 8.27. The lowest BCUT2D eigenvalue weighted by molar-refractivity contribution is -0.112. The van der Waals surface area contributed by atoms with Gasteiger partial charge >= 0.3 is 0 Å². The van der Waals surface area contributed by atoms with Crippen LogP contribution in [0.5, 0.6) is 0 Å². The first kappa shape index (κ1) is 10.2. The zero-order chi connectivity index (χ0) is 10.8. The minimum Gasteiger partial charge on any atom is -0.310 e. The summed E-state index contributed by atoms with van der Waals surface area (Å²) >= 11 is 3.46. The van der Waals surface area contributed by atoms with E-state index in [1.807, 2.05) is 34.9 Å². The molecule has 0 radical (unpaired) electrons. The average molecular weight is 264 g/mol. The van der Waals surface area contributed by atoms with Gasteiger partial charge in [0.15, 0.2) is 5.78 Å². The maximum absolute atomic E-state index is 10.9. The number of fused-ring (bicyclic) bond motifs is 1. The minimum atomic E-state index is 0.0414. The van der Waals surface area contributed by atoms with Gasteiger partial charge in [0.25, 0.3) is 0 Å². The van der Waals surface area contributed by atoms with E-state index in [1.54, 1.807) is 12.3 Å². The molecule has 1 aromatic heterocycles. The number of carbonyl (C=O) groups is 1. The second-order valence-corrected chi connectivity index (χ2v) is 4.13. The van der Waals surface area contributed by atoms with E-state index in [2.05, 4.69) is 15.9 Å². The average Bonchev–Trinajstić information content (AvgIpc) is 2.50. The standard InChI is InChI=1S/C12H10BrNO/c1-9(15)6-7-14-11-5-3-2-4-10(11)8-12(14)13/h2-8H,1H3/b7-6+. The Labute approximate surface area is 96.3 Å². The molecular formula is C12H10BrNO. The number of halogens is 1. The van der Waals surface area contributed by atoms with Crippen molar-refractivity contribution in [3.8, 4) is 0 Å². The molecule has 0 amide bonds. The van der Waals surface area contributed by atoms with Gasteiger partial charge in [0.1, 0.15) is 0 Å². The largest absolute Gasteiger partial charge is 0.310 e. The van der Waals surface area contributed by atoms with Gasteiger partial charge in [0.05, 0.1) is 10.1 Å². The molecule has 2 nitrogen and oxygen atoms in total. The molecule has 0 spiro atoms. The van der Waals surface area contributed by atoms with Gasteiger partial charge in [-0.3, -0.25) is 4.79 Å². The van der Waals surface area contributed by atoms with Crippen LogP contribution in [0.4, 0.5) is 0 Å². The van der Waals surface area contributed by atoms with Crippen molar-refractivity contribution in [2.75, 3.05) is 0 Å². The lowest BCUT2D eigenvalue weighted by Crippen LogP contribution is -1.88. The van der Waals surface area contributed by atoms with Crippen molar-refractivity contribution in [2.24, 2.45) is 0 Å². The predicted octanol–water partition coefficient (Wildman–Crippen LogP) is 3.46. The molecule has 0 bridgehead atoms. The van der Waals surface area contributed by atoms with E-state index in [9.17, 15) is 4.79 Å². The molecule has 0 atom stereocenters. The third kappa shape index (κ3) is 2.02. The molecule has 0 saturated heterocycles. The highest BCUT2D eigenvalue weighted by atomic mass is 79.9. The van der Waals surface area contributed by atoms with E-state index in [0.717, 1.165) is 15.5 Å². The minimum absolute atomic E-state index is 0.0414. The summed E-state index contributed by atoms with van der Waals surface area (Å²) in [5.41, 5.74) is 1.09.